The topological polar surface area (TPSA) is 26.3 Å². The van der Waals surface area contributed by atoms with Crippen molar-refractivity contribution in [2.75, 3.05) is 13.7 Å². The third kappa shape index (κ3) is 4.20. The first-order chi connectivity index (χ1) is 7.13. The number of Topliss-reactive ketones (excluding diaryl/α,β-unsaturated/α-hetero) is 1. The molecule has 0 aliphatic carbocycles. The molecule has 0 aromatic heterocycles. The summed E-state index contributed by atoms with van der Waals surface area (Å²) in [6.07, 6.45) is 1.06. The van der Waals surface area contributed by atoms with E-state index in [4.69, 9.17) is 27.9 Å². The molecule has 0 spiro atoms. The van der Waals surface area contributed by atoms with E-state index in [0.29, 0.717) is 22.9 Å². The molecule has 0 radical (unpaired) electrons. The van der Waals surface area contributed by atoms with Gasteiger partial charge in [0.15, 0.2) is 5.78 Å². The van der Waals surface area contributed by atoms with Gasteiger partial charge in [0.2, 0.25) is 0 Å². The molecule has 0 atom stereocenters. The first-order valence-corrected chi connectivity index (χ1v) is 5.33. The van der Waals surface area contributed by atoms with Crippen molar-refractivity contribution in [2.24, 2.45) is 0 Å². The monoisotopic (exact) mass is 246 g/mol. The highest BCUT2D eigenvalue weighted by Crippen LogP contribution is 2.22. The Bertz CT molecular complexity index is 350. The summed E-state index contributed by atoms with van der Waals surface area (Å²) in [7, 11) is 1.51. The zero-order valence-corrected chi connectivity index (χ0v) is 9.94. The van der Waals surface area contributed by atoms with Crippen molar-refractivity contribution in [1.29, 1.82) is 0 Å². The largest absolute Gasteiger partial charge is 0.377 e. The van der Waals surface area contributed by atoms with Crippen LogP contribution in [0.4, 0.5) is 0 Å². The number of benzene rings is 1. The van der Waals surface area contributed by atoms with Gasteiger partial charge in [-0.15, -0.1) is 0 Å². The molecule has 0 aliphatic heterocycles. The lowest BCUT2D eigenvalue weighted by atomic mass is 10.1. The van der Waals surface area contributed by atoms with Gasteiger partial charge in [-0.2, -0.15) is 0 Å². The smallest absolute Gasteiger partial charge is 0.158 e. The summed E-state index contributed by atoms with van der Waals surface area (Å²) in [5.41, 5.74) is 0.936. The SMILES string of the molecule is COCC(=O)CCc1ccc(Cl)cc1Cl. The number of halogens is 2. The summed E-state index contributed by atoms with van der Waals surface area (Å²) in [6, 6.07) is 5.29. The number of hydrogen-bond acceptors (Lipinski definition) is 2. The third-order valence-electron chi connectivity index (χ3n) is 1.99. The molecular weight excluding hydrogens is 235 g/mol. The number of ketones is 1. The number of carbonyl (C=O) groups excluding carboxylic acids is 1. The van der Waals surface area contributed by atoms with E-state index >= 15 is 0 Å². The van der Waals surface area contributed by atoms with Crippen LogP contribution in [0.1, 0.15) is 12.0 Å². The first kappa shape index (κ1) is 12.5. The van der Waals surface area contributed by atoms with Gasteiger partial charge in [-0.1, -0.05) is 29.3 Å². The fourth-order valence-corrected chi connectivity index (χ4v) is 1.73. The van der Waals surface area contributed by atoms with Crippen LogP contribution < -0.4 is 0 Å². The van der Waals surface area contributed by atoms with Gasteiger partial charge >= 0.3 is 0 Å². The summed E-state index contributed by atoms with van der Waals surface area (Å²) >= 11 is 11.7. The van der Waals surface area contributed by atoms with Crippen molar-refractivity contribution in [3.8, 4) is 0 Å². The third-order valence-corrected chi connectivity index (χ3v) is 2.58. The fraction of sp³-hybridized carbons (Fsp3) is 0.364. The average molecular weight is 247 g/mol. The van der Waals surface area contributed by atoms with Gasteiger partial charge in [0.05, 0.1) is 0 Å². The normalized spacial score (nSPS) is 10.3. The summed E-state index contributed by atoms with van der Waals surface area (Å²) < 4.78 is 4.74. The minimum atomic E-state index is 0.0727. The van der Waals surface area contributed by atoms with E-state index in [1.165, 1.54) is 7.11 Å². The zero-order chi connectivity index (χ0) is 11.3. The van der Waals surface area contributed by atoms with Gasteiger partial charge in [-0.05, 0) is 24.1 Å². The molecule has 15 heavy (non-hydrogen) atoms. The minimum Gasteiger partial charge on any atom is -0.377 e. The van der Waals surface area contributed by atoms with E-state index in [0.717, 1.165) is 5.56 Å². The number of rotatable bonds is 5. The average Bonchev–Trinajstić information content (AvgIpc) is 2.17. The Morgan fingerprint density at radius 3 is 2.73 bits per heavy atom. The Morgan fingerprint density at radius 2 is 2.13 bits per heavy atom. The number of hydrogen-bond donors (Lipinski definition) is 0. The molecule has 0 saturated carbocycles. The molecule has 1 aromatic rings. The maximum absolute atomic E-state index is 11.2. The van der Waals surface area contributed by atoms with Gasteiger partial charge in [-0.25, -0.2) is 0 Å². The minimum absolute atomic E-state index is 0.0727. The molecule has 0 N–H and O–H groups in total. The van der Waals surface area contributed by atoms with E-state index in [2.05, 4.69) is 0 Å². The van der Waals surface area contributed by atoms with Crippen LogP contribution in [0.15, 0.2) is 18.2 Å². The maximum atomic E-state index is 11.2. The van der Waals surface area contributed by atoms with Crippen LogP contribution in [0.25, 0.3) is 0 Å². The first-order valence-electron chi connectivity index (χ1n) is 4.58. The van der Waals surface area contributed by atoms with Gasteiger partial charge in [0.25, 0.3) is 0 Å². The maximum Gasteiger partial charge on any atom is 0.158 e. The predicted molar refractivity (Wildman–Crippen MR) is 61.7 cm³/mol. The lowest BCUT2D eigenvalue weighted by Crippen LogP contribution is -2.07. The van der Waals surface area contributed by atoms with Crippen molar-refractivity contribution in [3.05, 3.63) is 33.8 Å². The van der Waals surface area contributed by atoms with Crippen LogP contribution in [0.2, 0.25) is 10.0 Å². The zero-order valence-electron chi connectivity index (χ0n) is 8.43. The van der Waals surface area contributed by atoms with E-state index in [1.807, 2.05) is 6.07 Å². The Morgan fingerprint density at radius 1 is 1.40 bits per heavy atom. The second-order valence-corrected chi connectivity index (χ2v) is 4.05. The summed E-state index contributed by atoms with van der Waals surface area (Å²) in [4.78, 5) is 11.2. The van der Waals surface area contributed by atoms with Crippen molar-refractivity contribution in [3.63, 3.8) is 0 Å². The van der Waals surface area contributed by atoms with Crippen LogP contribution in [0, 0.1) is 0 Å². The molecule has 0 heterocycles. The van der Waals surface area contributed by atoms with E-state index in [1.54, 1.807) is 12.1 Å². The highest BCUT2D eigenvalue weighted by molar-refractivity contribution is 6.35. The lowest BCUT2D eigenvalue weighted by Gasteiger charge is -2.03. The van der Waals surface area contributed by atoms with E-state index in [9.17, 15) is 4.79 Å². The fourth-order valence-electron chi connectivity index (χ4n) is 1.23. The summed E-state index contributed by atoms with van der Waals surface area (Å²) in [5, 5.41) is 1.21. The number of ether oxygens (including phenoxy) is 1. The predicted octanol–water partition coefficient (Wildman–Crippen LogP) is 3.14. The number of carbonyl (C=O) groups is 1. The molecule has 0 amide bonds. The second-order valence-electron chi connectivity index (χ2n) is 3.21. The van der Waals surface area contributed by atoms with Gasteiger partial charge < -0.3 is 4.74 Å². The van der Waals surface area contributed by atoms with Gasteiger partial charge in [-0.3, -0.25) is 4.79 Å². The quantitative estimate of drug-likeness (QED) is 0.798. The molecule has 0 unspecified atom stereocenters. The van der Waals surface area contributed by atoms with Gasteiger partial charge in [0, 0.05) is 23.6 Å². The van der Waals surface area contributed by atoms with Crippen molar-refractivity contribution in [2.45, 2.75) is 12.8 Å². The molecule has 1 aromatic carbocycles. The van der Waals surface area contributed by atoms with Crippen molar-refractivity contribution in [1.82, 2.24) is 0 Å². The second kappa shape index (κ2) is 6.11. The number of aryl methyl sites for hydroxylation is 1. The van der Waals surface area contributed by atoms with E-state index < -0.39 is 0 Å². The molecule has 0 bridgehead atoms. The Kier molecular flexibility index (Phi) is 5.09. The van der Waals surface area contributed by atoms with Crippen molar-refractivity contribution < 1.29 is 9.53 Å². The molecular formula is C11H12Cl2O2. The van der Waals surface area contributed by atoms with Crippen LogP contribution in [-0.4, -0.2) is 19.5 Å². The molecule has 0 fully saturated rings. The lowest BCUT2D eigenvalue weighted by molar-refractivity contribution is -0.122. The molecule has 82 valence electrons. The standard InChI is InChI=1S/C11H12Cl2O2/c1-15-7-10(14)5-3-8-2-4-9(12)6-11(8)13/h2,4,6H,3,5,7H2,1H3. The van der Waals surface area contributed by atoms with Crippen LogP contribution >= 0.6 is 23.2 Å². The summed E-state index contributed by atoms with van der Waals surface area (Å²) in [5.74, 6) is 0.0727. The highest BCUT2D eigenvalue weighted by atomic mass is 35.5. The number of methoxy groups -OCH3 is 1. The van der Waals surface area contributed by atoms with Crippen LogP contribution in [0.3, 0.4) is 0 Å². The molecule has 0 saturated heterocycles. The summed E-state index contributed by atoms with van der Waals surface area (Å²) in [6.45, 7) is 0.158. The van der Waals surface area contributed by atoms with Crippen molar-refractivity contribution >= 4 is 29.0 Å². The molecule has 0 aliphatic rings. The van der Waals surface area contributed by atoms with Gasteiger partial charge in [0.1, 0.15) is 6.61 Å². The van der Waals surface area contributed by atoms with Crippen LogP contribution in [-0.2, 0) is 16.0 Å². The van der Waals surface area contributed by atoms with Crippen LogP contribution in [0.5, 0.6) is 0 Å². The Labute approximate surface area is 99.1 Å². The van der Waals surface area contributed by atoms with E-state index in [-0.39, 0.29) is 12.4 Å². The highest BCUT2D eigenvalue weighted by Gasteiger charge is 2.05. The molecule has 1 rings (SSSR count). The Balaban J connectivity index is 2.54. The molecule has 2 nitrogen and oxygen atoms in total. The Hall–Kier alpha value is -0.570. The molecule has 4 heteroatoms.